The van der Waals surface area contributed by atoms with Crippen LogP contribution in [0.15, 0.2) is 104 Å². The van der Waals surface area contributed by atoms with E-state index in [1.165, 1.54) is 11.1 Å². The fourth-order valence-corrected chi connectivity index (χ4v) is 4.11. The van der Waals surface area contributed by atoms with Gasteiger partial charge in [0.15, 0.2) is 11.5 Å². The van der Waals surface area contributed by atoms with Crippen molar-refractivity contribution in [1.82, 2.24) is 9.97 Å². The van der Waals surface area contributed by atoms with Crippen LogP contribution < -0.4 is 5.32 Å². The van der Waals surface area contributed by atoms with Crippen molar-refractivity contribution in [3.05, 3.63) is 137 Å². The van der Waals surface area contributed by atoms with Gasteiger partial charge in [0.25, 0.3) is 0 Å². The summed E-state index contributed by atoms with van der Waals surface area (Å²) in [5, 5.41) is 4.26. The summed E-state index contributed by atoms with van der Waals surface area (Å²) in [5.41, 5.74) is 7.01. The fraction of sp³-hybridized carbons (Fsp3) is 0.0667. The predicted octanol–water partition coefficient (Wildman–Crippen LogP) is 6.94. The molecule has 5 nitrogen and oxygen atoms in total. The maximum Gasteiger partial charge on any atom is 0.188 e. The molecule has 0 aliphatic carbocycles. The Morgan fingerprint density at radius 2 is 1.66 bits per heavy atom. The first-order chi connectivity index (χ1) is 17.2. The Bertz CT molecular complexity index is 1550. The zero-order valence-electron chi connectivity index (χ0n) is 19.0. The molecule has 5 rings (SSSR count). The van der Waals surface area contributed by atoms with E-state index in [0.29, 0.717) is 17.7 Å². The summed E-state index contributed by atoms with van der Waals surface area (Å²) in [7, 11) is 0. The Hall–Kier alpha value is -4.82. The first-order valence-corrected chi connectivity index (χ1v) is 11.3. The van der Waals surface area contributed by atoms with Gasteiger partial charge in [-0.1, -0.05) is 42.5 Å². The smallest absolute Gasteiger partial charge is 0.188 e. The zero-order valence-corrected chi connectivity index (χ0v) is 19.0. The zero-order chi connectivity index (χ0) is 24.0. The summed E-state index contributed by atoms with van der Waals surface area (Å²) in [5.74, 6) is 0.0598. The van der Waals surface area contributed by atoms with Crippen LogP contribution in [0, 0.1) is 6.57 Å². The second kappa shape index (κ2) is 9.98. The van der Waals surface area contributed by atoms with Crippen LogP contribution in [0.5, 0.6) is 0 Å². The number of carbonyl (C=O) groups excluding carboxylic acids is 1. The minimum Gasteiger partial charge on any atom is -0.355 e. The van der Waals surface area contributed by atoms with Crippen LogP contribution in [0.4, 0.5) is 17.1 Å². The number of pyridine rings is 2. The lowest BCUT2D eigenvalue weighted by Crippen LogP contribution is -2.05. The lowest BCUT2D eigenvalue weighted by molar-refractivity contribution is 0.0993. The maximum atomic E-state index is 13.1. The quantitative estimate of drug-likeness (QED) is 0.214. The molecule has 5 heteroatoms. The van der Waals surface area contributed by atoms with Crippen LogP contribution in [0.1, 0.15) is 27.0 Å². The van der Waals surface area contributed by atoms with Crippen molar-refractivity contribution in [1.29, 1.82) is 0 Å². The molecule has 0 fully saturated rings. The number of hydrogen-bond acceptors (Lipinski definition) is 4. The number of benzene rings is 3. The van der Waals surface area contributed by atoms with E-state index in [4.69, 9.17) is 6.57 Å². The molecule has 5 aromatic rings. The van der Waals surface area contributed by atoms with Gasteiger partial charge < -0.3 is 5.32 Å². The van der Waals surface area contributed by atoms with Crippen LogP contribution in [0.2, 0.25) is 0 Å². The number of nitrogens with zero attached hydrogens (tertiary/aromatic N) is 3. The van der Waals surface area contributed by atoms with Crippen molar-refractivity contribution in [2.24, 2.45) is 0 Å². The topological polar surface area (TPSA) is 59.2 Å². The maximum absolute atomic E-state index is 13.1. The van der Waals surface area contributed by atoms with E-state index in [0.717, 1.165) is 34.3 Å². The Kier molecular flexibility index (Phi) is 6.27. The normalized spacial score (nSPS) is 10.6. The molecule has 0 saturated carbocycles. The van der Waals surface area contributed by atoms with Gasteiger partial charge in [-0.25, -0.2) is 4.85 Å². The van der Waals surface area contributed by atoms with Crippen LogP contribution in [-0.2, 0) is 12.8 Å². The number of nitrogens with one attached hydrogen (secondary N) is 1. The third kappa shape index (κ3) is 5.23. The van der Waals surface area contributed by atoms with Gasteiger partial charge in [-0.15, -0.1) is 0 Å². The minimum atomic E-state index is 0.0598. The third-order valence-electron chi connectivity index (χ3n) is 5.83. The fourth-order valence-electron chi connectivity index (χ4n) is 4.11. The first kappa shape index (κ1) is 22.0. The molecule has 1 N–H and O–H groups in total. The van der Waals surface area contributed by atoms with Crippen LogP contribution in [0.3, 0.4) is 0 Å². The SMILES string of the molecule is [C-]#[N+]c1ccc2nccc(Nc3cccc(C(=O)Cc4cccc(Cc5ccncc5)c4)c3)c2c1. The van der Waals surface area contributed by atoms with E-state index >= 15 is 0 Å². The van der Waals surface area contributed by atoms with Gasteiger partial charge in [-0.3, -0.25) is 14.8 Å². The Labute approximate surface area is 203 Å². The molecule has 0 spiro atoms. The van der Waals surface area contributed by atoms with Crippen molar-refractivity contribution in [3.8, 4) is 0 Å². The highest BCUT2D eigenvalue weighted by Gasteiger charge is 2.10. The van der Waals surface area contributed by atoms with Crippen molar-refractivity contribution in [2.75, 3.05) is 5.32 Å². The van der Waals surface area contributed by atoms with Crippen molar-refractivity contribution in [2.45, 2.75) is 12.8 Å². The molecular formula is C30H22N4O. The Balaban J connectivity index is 1.33. The second-order valence-electron chi connectivity index (χ2n) is 8.33. The highest BCUT2D eigenvalue weighted by atomic mass is 16.1. The number of carbonyl (C=O) groups is 1. The van der Waals surface area contributed by atoms with E-state index in [-0.39, 0.29) is 5.78 Å². The minimum absolute atomic E-state index is 0.0598. The van der Waals surface area contributed by atoms with Gasteiger partial charge in [0, 0.05) is 47.3 Å². The molecule has 0 amide bonds. The van der Waals surface area contributed by atoms with Crippen LogP contribution >= 0.6 is 0 Å². The second-order valence-corrected chi connectivity index (χ2v) is 8.33. The number of ketones is 1. The number of aromatic nitrogens is 2. The Morgan fingerprint density at radius 1 is 0.829 bits per heavy atom. The van der Waals surface area contributed by atoms with Crippen molar-refractivity contribution < 1.29 is 4.79 Å². The molecule has 0 aliphatic rings. The average Bonchev–Trinajstić information content (AvgIpc) is 2.89. The van der Waals surface area contributed by atoms with Crippen LogP contribution in [-0.4, -0.2) is 15.8 Å². The summed E-state index contributed by atoms with van der Waals surface area (Å²) in [6.45, 7) is 7.29. The van der Waals surface area contributed by atoms with Gasteiger partial charge in [0.2, 0.25) is 0 Å². The molecular weight excluding hydrogens is 432 g/mol. The molecule has 2 heterocycles. The summed E-state index contributed by atoms with van der Waals surface area (Å²) in [6, 6.07) is 27.0. The molecule has 35 heavy (non-hydrogen) atoms. The van der Waals surface area contributed by atoms with Gasteiger partial charge in [-0.05, 0) is 65.6 Å². The van der Waals surface area contributed by atoms with Crippen molar-refractivity contribution in [3.63, 3.8) is 0 Å². The molecule has 0 unspecified atom stereocenters. The van der Waals surface area contributed by atoms with E-state index < -0.39 is 0 Å². The lowest BCUT2D eigenvalue weighted by atomic mass is 9.98. The Morgan fingerprint density at radius 3 is 2.51 bits per heavy atom. The van der Waals surface area contributed by atoms with Gasteiger partial charge in [0.05, 0.1) is 12.1 Å². The number of anilines is 2. The predicted molar refractivity (Wildman–Crippen MR) is 139 cm³/mol. The summed E-state index contributed by atoms with van der Waals surface area (Å²) in [6.07, 6.45) is 6.46. The largest absolute Gasteiger partial charge is 0.355 e. The van der Waals surface area contributed by atoms with Gasteiger partial charge in [0.1, 0.15) is 0 Å². The molecule has 2 aromatic heterocycles. The van der Waals surface area contributed by atoms with Gasteiger partial charge in [-0.2, -0.15) is 0 Å². The number of Topliss-reactive ketones (excluding diaryl/α,β-unsaturated/α-hetero) is 1. The number of hydrogen-bond donors (Lipinski definition) is 1. The highest BCUT2D eigenvalue weighted by Crippen LogP contribution is 2.29. The lowest BCUT2D eigenvalue weighted by Gasteiger charge is -2.11. The molecule has 0 bridgehead atoms. The first-order valence-electron chi connectivity index (χ1n) is 11.3. The van der Waals surface area contributed by atoms with E-state index in [9.17, 15) is 4.79 Å². The summed E-state index contributed by atoms with van der Waals surface area (Å²) < 4.78 is 0. The van der Waals surface area contributed by atoms with Gasteiger partial charge >= 0.3 is 0 Å². The molecule has 3 aromatic carbocycles. The highest BCUT2D eigenvalue weighted by molar-refractivity contribution is 5.99. The molecule has 0 saturated heterocycles. The van der Waals surface area contributed by atoms with E-state index in [2.05, 4.69) is 32.3 Å². The monoisotopic (exact) mass is 454 g/mol. The van der Waals surface area contributed by atoms with Crippen molar-refractivity contribution >= 4 is 33.7 Å². The van der Waals surface area contributed by atoms with Crippen LogP contribution in [0.25, 0.3) is 15.7 Å². The molecule has 0 atom stereocenters. The van der Waals surface area contributed by atoms with E-state index in [1.807, 2.05) is 66.7 Å². The molecule has 0 aliphatic heterocycles. The molecule has 0 radical (unpaired) electrons. The molecule has 168 valence electrons. The third-order valence-corrected chi connectivity index (χ3v) is 5.83. The summed E-state index contributed by atoms with van der Waals surface area (Å²) in [4.78, 5) is 25.1. The number of rotatable bonds is 7. The van der Waals surface area contributed by atoms with E-state index in [1.54, 1.807) is 24.7 Å². The average molecular weight is 455 g/mol. The number of fused-ring (bicyclic) bond motifs is 1. The standard InChI is InChI=1S/C30H22N4O/c1-31-25-8-9-28-27(20-25)29(12-15-33-28)34-26-7-3-6-24(19-26)30(35)18-23-5-2-4-22(17-23)16-21-10-13-32-14-11-21/h2-15,17,19-20H,16,18H2,(H,33,34). The summed E-state index contributed by atoms with van der Waals surface area (Å²) >= 11 is 0.